The Kier molecular flexibility index (Phi) is 10.8. The van der Waals surface area contributed by atoms with Gasteiger partial charge in [0.1, 0.15) is 18.8 Å². The highest BCUT2D eigenvalue weighted by Gasteiger charge is 2.21. The van der Waals surface area contributed by atoms with Crippen molar-refractivity contribution in [2.45, 2.75) is 66.5 Å². The largest absolute Gasteiger partial charge is 0.461 e. The van der Waals surface area contributed by atoms with Gasteiger partial charge in [0.2, 0.25) is 0 Å². The molecule has 0 bridgehead atoms. The lowest BCUT2D eigenvalue weighted by Crippen LogP contribution is -2.36. The maximum absolute atomic E-state index is 12.2. The number of nitrogens with two attached hydrogens (primary N) is 1. The number of esters is 4. The van der Waals surface area contributed by atoms with Gasteiger partial charge in [-0.3, -0.25) is 19.2 Å². The zero-order valence-corrected chi connectivity index (χ0v) is 19.5. The van der Waals surface area contributed by atoms with Crippen LogP contribution >= 0.6 is 0 Å². The number of carbonyl (C=O) groups excluding carboxylic acids is 4. The van der Waals surface area contributed by atoms with E-state index in [1.807, 2.05) is 0 Å². The second kappa shape index (κ2) is 12.8. The summed E-state index contributed by atoms with van der Waals surface area (Å²) in [5.41, 5.74) is 6.53. The Morgan fingerprint density at radius 3 is 1.97 bits per heavy atom. The molecule has 2 N–H and O–H groups in total. The van der Waals surface area contributed by atoms with E-state index in [1.54, 1.807) is 47.6 Å². The van der Waals surface area contributed by atoms with Crippen LogP contribution in [0.1, 0.15) is 53.5 Å². The van der Waals surface area contributed by atoms with Crippen molar-refractivity contribution in [1.82, 2.24) is 0 Å². The van der Waals surface area contributed by atoms with E-state index < -0.39 is 36.0 Å². The van der Waals surface area contributed by atoms with Crippen LogP contribution in [-0.2, 0) is 35.1 Å². The molecule has 0 heterocycles. The molecule has 0 saturated carbocycles. The summed E-state index contributed by atoms with van der Waals surface area (Å²) in [6, 6.07) is 3.61. The number of carbonyl (C=O) groups is 4. The van der Waals surface area contributed by atoms with Crippen molar-refractivity contribution in [3.63, 3.8) is 0 Å². The maximum atomic E-state index is 12.2. The molecule has 32 heavy (non-hydrogen) atoms. The molecule has 9 heteroatoms. The zero-order chi connectivity index (χ0) is 24.4. The number of rotatable bonds is 11. The van der Waals surface area contributed by atoms with E-state index in [1.165, 1.54) is 12.1 Å². The molecular weight excluding hydrogens is 418 g/mol. The summed E-state index contributed by atoms with van der Waals surface area (Å²) in [5.74, 6) is -2.63. The highest BCUT2D eigenvalue weighted by molar-refractivity contribution is 5.78. The first-order chi connectivity index (χ1) is 14.9. The van der Waals surface area contributed by atoms with Gasteiger partial charge in [-0.25, -0.2) is 0 Å². The second-order valence-corrected chi connectivity index (χ2v) is 8.03. The Morgan fingerprint density at radius 1 is 0.875 bits per heavy atom. The van der Waals surface area contributed by atoms with Crippen LogP contribution in [-0.4, -0.2) is 42.6 Å². The molecule has 0 unspecified atom stereocenters. The predicted molar refractivity (Wildman–Crippen MR) is 116 cm³/mol. The molecule has 0 aliphatic rings. The summed E-state index contributed by atoms with van der Waals surface area (Å²) in [5, 5.41) is 0. The molecule has 0 aliphatic carbocycles. The average Bonchev–Trinajstić information content (AvgIpc) is 2.73. The highest BCUT2D eigenvalue weighted by Crippen LogP contribution is 2.30. The van der Waals surface area contributed by atoms with Gasteiger partial charge >= 0.3 is 23.9 Å². The van der Waals surface area contributed by atoms with Crippen molar-refractivity contribution in [3.8, 4) is 11.5 Å². The molecule has 1 aromatic rings. The molecule has 0 fully saturated rings. The average molecular weight is 452 g/mol. The Morgan fingerprint density at radius 2 is 1.44 bits per heavy atom. The molecule has 1 rings (SSSR count). The lowest BCUT2D eigenvalue weighted by Gasteiger charge is -2.17. The fraction of sp³-hybridized carbons (Fsp3) is 0.565. The van der Waals surface area contributed by atoms with Crippen molar-refractivity contribution >= 4 is 23.9 Å². The van der Waals surface area contributed by atoms with Crippen molar-refractivity contribution in [3.05, 3.63) is 23.8 Å². The van der Waals surface area contributed by atoms with Gasteiger partial charge in [0, 0.05) is 6.42 Å². The van der Waals surface area contributed by atoms with E-state index in [9.17, 15) is 19.2 Å². The summed E-state index contributed by atoms with van der Waals surface area (Å²) in [6.07, 6.45) is -0.271. The van der Waals surface area contributed by atoms with Crippen molar-refractivity contribution in [2.75, 3.05) is 6.61 Å². The number of ether oxygens (including phenoxy) is 4. The molecule has 0 radical (unpaired) electrons. The quantitative estimate of drug-likeness (QED) is 0.398. The van der Waals surface area contributed by atoms with E-state index in [2.05, 4.69) is 0 Å². The molecule has 0 saturated heterocycles. The van der Waals surface area contributed by atoms with E-state index >= 15 is 0 Å². The van der Waals surface area contributed by atoms with Crippen LogP contribution in [0.4, 0.5) is 0 Å². The third kappa shape index (κ3) is 9.05. The fourth-order valence-corrected chi connectivity index (χ4v) is 2.28. The lowest BCUT2D eigenvalue weighted by atomic mass is 10.1. The van der Waals surface area contributed by atoms with Gasteiger partial charge in [0.25, 0.3) is 0 Å². The van der Waals surface area contributed by atoms with Crippen LogP contribution in [0.25, 0.3) is 0 Å². The molecule has 0 aliphatic heterocycles. The normalized spacial score (nSPS) is 12.8. The first-order valence-electron chi connectivity index (χ1n) is 10.6. The Labute approximate surface area is 188 Å². The monoisotopic (exact) mass is 451 g/mol. The lowest BCUT2D eigenvalue weighted by molar-refractivity contribution is -0.158. The number of hydrogen-bond donors (Lipinski definition) is 1. The minimum Gasteiger partial charge on any atom is -0.461 e. The van der Waals surface area contributed by atoms with Crippen LogP contribution in [0, 0.1) is 11.8 Å². The summed E-state index contributed by atoms with van der Waals surface area (Å²) >= 11 is 0. The van der Waals surface area contributed by atoms with Crippen LogP contribution in [0.3, 0.4) is 0 Å². The van der Waals surface area contributed by atoms with Crippen molar-refractivity contribution < 1.29 is 38.1 Å². The molecule has 2 atom stereocenters. The summed E-state index contributed by atoms with van der Waals surface area (Å²) in [7, 11) is 0. The van der Waals surface area contributed by atoms with Crippen molar-refractivity contribution in [1.29, 1.82) is 0 Å². The van der Waals surface area contributed by atoms with E-state index in [-0.39, 0.29) is 42.8 Å². The molecule has 0 amide bonds. The van der Waals surface area contributed by atoms with Crippen molar-refractivity contribution in [2.24, 2.45) is 17.6 Å². The van der Waals surface area contributed by atoms with Gasteiger partial charge in [-0.2, -0.15) is 0 Å². The fourth-order valence-electron chi connectivity index (χ4n) is 2.28. The first kappa shape index (κ1) is 27.1. The summed E-state index contributed by atoms with van der Waals surface area (Å²) in [6.45, 7) is 9.89. The van der Waals surface area contributed by atoms with Crippen LogP contribution < -0.4 is 15.2 Å². The standard InChI is InChI=1S/C23H33NO8/c1-7-20(25)30-15(6)12-29-23(28)17(24)10-16-8-9-18(31-21(26)13(2)3)19(11-16)32-22(27)14(4)5/h8-9,11,13-15,17H,7,10,12,24H2,1-6H3/t15-,17-/m0/s1. The topological polar surface area (TPSA) is 131 Å². The first-order valence-corrected chi connectivity index (χ1v) is 10.6. The van der Waals surface area contributed by atoms with Crippen LogP contribution in [0.5, 0.6) is 11.5 Å². The second-order valence-electron chi connectivity index (χ2n) is 8.03. The third-order valence-electron chi connectivity index (χ3n) is 4.21. The summed E-state index contributed by atoms with van der Waals surface area (Å²) in [4.78, 5) is 47.5. The Bertz CT molecular complexity index is 818. The molecule has 0 aromatic heterocycles. The third-order valence-corrected chi connectivity index (χ3v) is 4.21. The zero-order valence-electron chi connectivity index (χ0n) is 19.5. The molecule has 178 valence electrons. The van der Waals surface area contributed by atoms with E-state index in [4.69, 9.17) is 24.7 Å². The van der Waals surface area contributed by atoms with E-state index in [0.717, 1.165) is 0 Å². The van der Waals surface area contributed by atoms with Crippen LogP contribution in [0.15, 0.2) is 18.2 Å². The van der Waals surface area contributed by atoms with Crippen LogP contribution in [0.2, 0.25) is 0 Å². The minimum atomic E-state index is -0.998. The molecule has 9 nitrogen and oxygen atoms in total. The van der Waals surface area contributed by atoms with Gasteiger partial charge in [0.15, 0.2) is 11.5 Å². The van der Waals surface area contributed by atoms with Gasteiger partial charge in [-0.05, 0) is 31.0 Å². The Hall–Kier alpha value is -2.94. The molecule has 0 spiro atoms. The highest BCUT2D eigenvalue weighted by atomic mass is 16.6. The Balaban J connectivity index is 2.88. The van der Waals surface area contributed by atoms with E-state index in [0.29, 0.717) is 5.56 Å². The SMILES string of the molecule is CCC(=O)O[C@@H](C)COC(=O)[C@@H](N)Cc1ccc(OC(=O)C(C)C)c(OC(=O)C(C)C)c1. The molecule has 1 aromatic carbocycles. The van der Waals surface area contributed by atoms with Gasteiger partial charge < -0.3 is 24.7 Å². The molecular formula is C23H33NO8. The van der Waals surface area contributed by atoms with Gasteiger partial charge in [-0.1, -0.05) is 40.7 Å². The number of benzene rings is 1. The predicted octanol–water partition coefficient (Wildman–Crippen LogP) is 2.56. The van der Waals surface area contributed by atoms with Gasteiger partial charge in [0.05, 0.1) is 11.8 Å². The maximum Gasteiger partial charge on any atom is 0.323 e. The minimum absolute atomic E-state index is 0.0656. The van der Waals surface area contributed by atoms with Gasteiger partial charge in [-0.15, -0.1) is 0 Å². The number of hydrogen-bond acceptors (Lipinski definition) is 9. The summed E-state index contributed by atoms with van der Waals surface area (Å²) < 4.78 is 20.8. The smallest absolute Gasteiger partial charge is 0.323 e.